The normalized spacial score (nSPS) is 12.9. The molecule has 0 fully saturated rings. The summed E-state index contributed by atoms with van der Waals surface area (Å²) in [5.41, 5.74) is 2.45. The van der Waals surface area contributed by atoms with Gasteiger partial charge in [0.15, 0.2) is 5.25 Å². The Hall–Kier alpha value is -1.54. The summed E-state index contributed by atoms with van der Waals surface area (Å²) in [6.45, 7) is 5.13. The zero-order valence-corrected chi connectivity index (χ0v) is 10.3. The molecule has 16 heavy (non-hydrogen) atoms. The van der Waals surface area contributed by atoms with Gasteiger partial charge in [-0.15, -0.1) is 0 Å². The van der Waals surface area contributed by atoms with E-state index in [1.807, 2.05) is 19.9 Å². The lowest BCUT2D eigenvalue weighted by Gasteiger charge is -2.10. The van der Waals surface area contributed by atoms with Crippen LogP contribution in [0.15, 0.2) is 18.2 Å². The lowest BCUT2D eigenvalue weighted by Crippen LogP contribution is -2.23. The van der Waals surface area contributed by atoms with E-state index in [-0.39, 0.29) is 0 Å². The highest BCUT2D eigenvalue weighted by atomic mass is 32.2. The van der Waals surface area contributed by atoms with Gasteiger partial charge in [-0.25, -0.2) is 8.42 Å². The average molecular weight is 238 g/mol. The van der Waals surface area contributed by atoms with Gasteiger partial charge in [-0.1, -0.05) is 6.07 Å². The zero-order valence-electron chi connectivity index (χ0n) is 9.48. The molecule has 0 saturated heterocycles. The van der Waals surface area contributed by atoms with Gasteiger partial charge in [-0.05, 0) is 44.0 Å². The summed E-state index contributed by atoms with van der Waals surface area (Å²) in [5, 5.41) is 7.53. The lowest BCUT2D eigenvalue weighted by molar-refractivity contribution is 0.597. The molecular weight excluding hydrogens is 224 g/mol. The first-order valence-corrected chi connectivity index (χ1v) is 6.39. The van der Waals surface area contributed by atoms with Crippen LogP contribution >= 0.6 is 0 Å². The van der Waals surface area contributed by atoms with Crippen molar-refractivity contribution in [1.82, 2.24) is 0 Å². The minimum absolute atomic E-state index is 0.500. The van der Waals surface area contributed by atoms with Crippen LogP contribution in [0, 0.1) is 25.2 Å². The van der Waals surface area contributed by atoms with E-state index in [1.165, 1.54) is 6.92 Å². The number of nitrogens with one attached hydrogen (secondary N) is 1. The molecule has 1 unspecified atom stereocenters. The van der Waals surface area contributed by atoms with E-state index >= 15 is 0 Å². The fourth-order valence-electron chi connectivity index (χ4n) is 1.36. The number of nitriles is 1. The van der Waals surface area contributed by atoms with Crippen molar-refractivity contribution in [3.63, 3.8) is 0 Å². The Bertz CT molecular complexity index is 509. The monoisotopic (exact) mass is 238 g/mol. The molecule has 0 spiro atoms. The molecule has 4 nitrogen and oxygen atoms in total. The molecule has 0 heterocycles. The SMILES string of the molecule is Cc1cc(C)cc(NS(=O)(=O)C(C)C#N)c1. The molecule has 0 saturated carbocycles. The minimum atomic E-state index is -3.61. The van der Waals surface area contributed by atoms with Crippen LogP contribution in [-0.2, 0) is 10.0 Å². The van der Waals surface area contributed by atoms with E-state index in [4.69, 9.17) is 5.26 Å². The van der Waals surface area contributed by atoms with Crippen molar-refractivity contribution in [2.75, 3.05) is 4.72 Å². The summed E-state index contributed by atoms with van der Waals surface area (Å²) in [6, 6.07) is 7.12. The van der Waals surface area contributed by atoms with Gasteiger partial charge in [0.25, 0.3) is 0 Å². The summed E-state index contributed by atoms with van der Waals surface area (Å²) in [6.07, 6.45) is 0. The number of hydrogen-bond donors (Lipinski definition) is 1. The smallest absolute Gasteiger partial charge is 0.248 e. The van der Waals surface area contributed by atoms with Crippen molar-refractivity contribution in [3.8, 4) is 6.07 Å². The second kappa shape index (κ2) is 4.54. The number of benzene rings is 1. The first-order chi connectivity index (χ1) is 7.35. The molecule has 1 aromatic carbocycles. The number of sulfonamides is 1. The van der Waals surface area contributed by atoms with Gasteiger partial charge in [0.05, 0.1) is 6.07 Å². The second-order valence-electron chi connectivity index (χ2n) is 3.79. The fraction of sp³-hybridized carbons (Fsp3) is 0.364. The first kappa shape index (κ1) is 12.5. The van der Waals surface area contributed by atoms with Gasteiger partial charge in [0.1, 0.15) is 0 Å². The van der Waals surface area contributed by atoms with Crippen LogP contribution in [0.1, 0.15) is 18.1 Å². The molecule has 86 valence electrons. The number of aryl methyl sites for hydroxylation is 2. The van der Waals surface area contributed by atoms with Crippen LogP contribution in [0.5, 0.6) is 0 Å². The van der Waals surface area contributed by atoms with E-state index in [1.54, 1.807) is 18.2 Å². The maximum atomic E-state index is 11.6. The zero-order chi connectivity index (χ0) is 12.3. The largest absolute Gasteiger partial charge is 0.282 e. The van der Waals surface area contributed by atoms with E-state index in [0.29, 0.717) is 5.69 Å². The van der Waals surface area contributed by atoms with Crippen LogP contribution in [0.25, 0.3) is 0 Å². The van der Waals surface area contributed by atoms with E-state index in [2.05, 4.69) is 4.72 Å². The minimum Gasteiger partial charge on any atom is -0.282 e. The first-order valence-electron chi connectivity index (χ1n) is 4.84. The third-order valence-corrected chi connectivity index (χ3v) is 3.69. The van der Waals surface area contributed by atoms with Crippen molar-refractivity contribution in [3.05, 3.63) is 29.3 Å². The molecule has 0 amide bonds. The van der Waals surface area contributed by atoms with Crippen LogP contribution in [0.4, 0.5) is 5.69 Å². The molecule has 0 bridgehead atoms. The Morgan fingerprint density at radius 1 is 1.25 bits per heavy atom. The van der Waals surface area contributed by atoms with E-state index < -0.39 is 15.3 Å². The van der Waals surface area contributed by atoms with Gasteiger partial charge in [-0.2, -0.15) is 5.26 Å². The molecule has 0 radical (unpaired) electrons. The highest BCUT2D eigenvalue weighted by Gasteiger charge is 2.19. The molecule has 1 atom stereocenters. The highest BCUT2D eigenvalue weighted by Crippen LogP contribution is 2.16. The second-order valence-corrected chi connectivity index (χ2v) is 5.80. The van der Waals surface area contributed by atoms with E-state index in [0.717, 1.165) is 11.1 Å². The predicted octanol–water partition coefficient (Wildman–Crippen LogP) is 1.96. The number of rotatable bonds is 3. The molecule has 1 rings (SSSR count). The summed E-state index contributed by atoms with van der Waals surface area (Å²) in [5.74, 6) is 0. The topological polar surface area (TPSA) is 70.0 Å². The number of anilines is 1. The van der Waals surface area contributed by atoms with Crippen molar-refractivity contribution >= 4 is 15.7 Å². The summed E-state index contributed by atoms with van der Waals surface area (Å²) < 4.78 is 25.6. The van der Waals surface area contributed by atoms with Gasteiger partial charge < -0.3 is 0 Å². The summed E-state index contributed by atoms with van der Waals surface area (Å²) >= 11 is 0. The average Bonchev–Trinajstić information content (AvgIpc) is 2.13. The lowest BCUT2D eigenvalue weighted by atomic mass is 10.1. The Balaban J connectivity index is 3.02. The van der Waals surface area contributed by atoms with Crippen LogP contribution in [-0.4, -0.2) is 13.7 Å². The van der Waals surface area contributed by atoms with Crippen LogP contribution in [0.2, 0.25) is 0 Å². The van der Waals surface area contributed by atoms with Crippen molar-refractivity contribution in [2.24, 2.45) is 0 Å². The molecule has 0 aliphatic heterocycles. The van der Waals surface area contributed by atoms with Crippen LogP contribution in [0.3, 0.4) is 0 Å². The van der Waals surface area contributed by atoms with Crippen molar-refractivity contribution in [1.29, 1.82) is 5.26 Å². The molecule has 0 aliphatic carbocycles. The third-order valence-electron chi connectivity index (χ3n) is 2.13. The molecular formula is C11H14N2O2S. The van der Waals surface area contributed by atoms with Gasteiger partial charge in [0, 0.05) is 5.69 Å². The van der Waals surface area contributed by atoms with Gasteiger partial charge in [0.2, 0.25) is 10.0 Å². The third kappa shape index (κ3) is 2.97. The summed E-state index contributed by atoms with van der Waals surface area (Å²) in [7, 11) is -3.61. The fourth-order valence-corrected chi connectivity index (χ4v) is 2.12. The number of hydrogen-bond acceptors (Lipinski definition) is 3. The Kier molecular flexibility index (Phi) is 3.55. The van der Waals surface area contributed by atoms with Crippen molar-refractivity contribution in [2.45, 2.75) is 26.0 Å². The van der Waals surface area contributed by atoms with Gasteiger partial charge >= 0.3 is 0 Å². The molecule has 1 aromatic rings. The Morgan fingerprint density at radius 3 is 2.19 bits per heavy atom. The highest BCUT2D eigenvalue weighted by molar-refractivity contribution is 7.93. The van der Waals surface area contributed by atoms with E-state index in [9.17, 15) is 8.42 Å². The predicted molar refractivity (Wildman–Crippen MR) is 63.5 cm³/mol. The van der Waals surface area contributed by atoms with Gasteiger partial charge in [-0.3, -0.25) is 4.72 Å². The Labute approximate surface area is 96.0 Å². The molecule has 0 aromatic heterocycles. The van der Waals surface area contributed by atoms with Crippen LogP contribution < -0.4 is 4.72 Å². The molecule has 5 heteroatoms. The standard InChI is InChI=1S/C11H14N2O2S/c1-8-4-9(2)6-11(5-8)13-16(14,15)10(3)7-12/h4-6,10,13H,1-3H3. The maximum Gasteiger partial charge on any atom is 0.248 e. The molecule has 1 N–H and O–H groups in total. The summed E-state index contributed by atoms with van der Waals surface area (Å²) in [4.78, 5) is 0. The van der Waals surface area contributed by atoms with Crippen molar-refractivity contribution < 1.29 is 8.42 Å². The Morgan fingerprint density at radius 2 is 1.75 bits per heavy atom. The maximum absolute atomic E-state index is 11.6. The molecule has 0 aliphatic rings. The quantitative estimate of drug-likeness (QED) is 0.875. The number of nitrogens with zero attached hydrogens (tertiary/aromatic N) is 1.